The first-order chi connectivity index (χ1) is 15.8. The van der Waals surface area contributed by atoms with Gasteiger partial charge in [0.05, 0.1) is 22.9 Å². The summed E-state index contributed by atoms with van der Waals surface area (Å²) in [6, 6.07) is -0.941. The molecule has 1 fully saturated rings. The third-order valence-electron chi connectivity index (χ3n) is 4.86. The number of carboxylic acids is 1. The molecule has 0 unspecified atom stereocenters. The number of anilines is 1. The smallest absolute Gasteiger partial charge is 0.543 e. The van der Waals surface area contributed by atoms with E-state index in [0.29, 0.717) is 11.3 Å². The summed E-state index contributed by atoms with van der Waals surface area (Å²) < 4.78 is 0. The monoisotopic (exact) mass is 528 g/mol. The second-order valence-corrected chi connectivity index (χ2v) is 9.73. The van der Waals surface area contributed by atoms with Crippen molar-refractivity contribution in [1.29, 1.82) is 0 Å². The fourth-order valence-corrected chi connectivity index (χ4v) is 5.87. The van der Waals surface area contributed by atoms with Crippen LogP contribution in [0.25, 0.3) is 6.08 Å². The number of nitrogens with zero attached hydrogens (tertiary/aromatic N) is 4. The van der Waals surface area contributed by atoms with Gasteiger partial charge in [0.2, 0.25) is 0 Å². The van der Waals surface area contributed by atoms with Crippen LogP contribution in [0.15, 0.2) is 33.4 Å². The van der Waals surface area contributed by atoms with Crippen molar-refractivity contribution in [2.45, 2.75) is 18.3 Å². The number of nitrogens with one attached hydrogen (secondary N) is 1. The molecule has 172 valence electrons. The first-order valence-corrected chi connectivity index (χ1v) is 12.2. The van der Waals surface area contributed by atoms with E-state index in [-0.39, 0.29) is 51.8 Å². The van der Waals surface area contributed by atoms with Gasteiger partial charge < -0.3 is 25.8 Å². The molecular formula is C19H17N6NaO5S3. The minimum Gasteiger partial charge on any atom is -0.543 e. The molecule has 1 saturated heterocycles. The van der Waals surface area contributed by atoms with Crippen molar-refractivity contribution in [2.24, 2.45) is 5.16 Å². The second-order valence-electron chi connectivity index (χ2n) is 6.85. The molecule has 0 radical (unpaired) electrons. The van der Waals surface area contributed by atoms with Gasteiger partial charge in [0.25, 0.3) is 11.8 Å². The quantitative estimate of drug-likeness (QED) is 0.165. The molecule has 3 N–H and O–H groups in total. The number of allylic oxidation sites excluding steroid dienone is 1. The number of carbonyl (C=O) groups excluding carboxylic acids is 3. The molecule has 2 aromatic heterocycles. The number of rotatable bonds is 7. The van der Waals surface area contributed by atoms with Crippen LogP contribution in [-0.4, -0.2) is 62.6 Å². The number of thioether (sulfide) groups is 1. The summed E-state index contributed by atoms with van der Waals surface area (Å²) in [6.45, 7) is 1.85. The maximum absolute atomic E-state index is 12.8. The Labute approximate surface area is 228 Å². The molecule has 2 atom stereocenters. The van der Waals surface area contributed by atoms with Crippen LogP contribution in [0.2, 0.25) is 0 Å². The summed E-state index contributed by atoms with van der Waals surface area (Å²) in [4.78, 5) is 52.4. The fourth-order valence-electron chi connectivity index (χ4n) is 3.31. The van der Waals surface area contributed by atoms with Crippen molar-refractivity contribution in [1.82, 2.24) is 20.2 Å². The van der Waals surface area contributed by atoms with E-state index < -0.39 is 29.2 Å². The van der Waals surface area contributed by atoms with Crippen molar-refractivity contribution in [3.05, 3.63) is 44.5 Å². The maximum Gasteiger partial charge on any atom is 1.00 e. The number of amides is 2. The molecular weight excluding hydrogens is 511 g/mol. The number of carbonyl (C=O) groups is 3. The molecule has 0 saturated carbocycles. The van der Waals surface area contributed by atoms with Crippen LogP contribution >= 0.6 is 34.4 Å². The average Bonchev–Trinajstić information content (AvgIpc) is 3.40. The molecule has 0 aromatic carbocycles. The van der Waals surface area contributed by atoms with E-state index >= 15 is 0 Å². The van der Waals surface area contributed by atoms with Crippen molar-refractivity contribution in [2.75, 3.05) is 18.6 Å². The Morgan fingerprint density at radius 3 is 2.74 bits per heavy atom. The van der Waals surface area contributed by atoms with E-state index in [1.165, 1.54) is 35.6 Å². The molecule has 2 aromatic rings. The topological polar surface area (TPSA) is 163 Å². The third-order valence-corrected chi connectivity index (χ3v) is 7.73. The number of oxime groups is 1. The number of fused-ring (bicyclic) bond motifs is 1. The number of carboxylic acid groups (broad SMARTS) is 1. The van der Waals surface area contributed by atoms with E-state index in [2.05, 4.69) is 20.4 Å². The van der Waals surface area contributed by atoms with Crippen molar-refractivity contribution in [3.63, 3.8) is 0 Å². The van der Waals surface area contributed by atoms with Gasteiger partial charge in [-0.2, -0.15) is 0 Å². The largest absolute Gasteiger partial charge is 1.00 e. The van der Waals surface area contributed by atoms with Crippen LogP contribution in [0, 0.1) is 6.92 Å². The van der Waals surface area contributed by atoms with E-state index in [9.17, 15) is 19.5 Å². The Morgan fingerprint density at radius 1 is 1.38 bits per heavy atom. The standard InChI is InChI=1S/C19H18N6O5S3.Na/c1-8-11(33-7-21-8)4-3-9-5-31-17-13(16(27)25(17)14(9)18(28)29)23-15(26)12(24-30-2)10-6-32-19(20)22-10;/h3-4,6-7,13,17H,5H2,1-2H3,(H2,20,22)(H,23,26)(H,28,29);/q;+1/p-1/b4-3-,24-12+;/t13-,17-;/m1./s1. The molecule has 15 heteroatoms. The maximum atomic E-state index is 12.8. The number of hydrogen-bond acceptors (Lipinski definition) is 12. The Morgan fingerprint density at radius 2 is 2.15 bits per heavy atom. The molecule has 2 aliphatic heterocycles. The first-order valence-electron chi connectivity index (χ1n) is 9.42. The molecule has 11 nitrogen and oxygen atoms in total. The van der Waals surface area contributed by atoms with E-state index in [1.807, 2.05) is 6.92 Å². The van der Waals surface area contributed by atoms with Crippen molar-refractivity contribution < 1.29 is 53.9 Å². The Balaban J connectivity index is 0.00000324. The molecule has 0 aliphatic carbocycles. The predicted octanol–water partition coefficient (Wildman–Crippen LogP) is -3.04. The first kappa shape index (κ1) is 26.4. The summed E-state index contributed by atoms with van der Waals surface area (Å²) in [5.74, 6) is -2.39. The summed E-state index contributed by atoms with van der Waals surface area (Å²) in [5.41, 5.74) is 8.45. The number of nitrogens with two attached hydrogens (primary N) is 1. The average molecular weight is 529 g/mol. The van der Waals surface area contributed by atoms with Gasteiger partial charge >= 0.3 is 29.6 Å². The minimum atomic E-state index is -1.46. The minimum absolute atomic E-state index is 0. The van der Waals surface area contributed by atoms with Crippen LogP contribution in [0.4, 0.5) is 5.13 Å². The van der Waals surface area contributed by atoms with Gasteiger partial charge in [-0.05, 0) is 18.6 Å². The van der Waals surface area contributed by atoms with Gasteiger partial charge in [-0.15, -0.1) is 34.4 Å². The number of thiazole rings is 2. The normalized spacial score (nSPS) is 20.0. The van der Waals surface area contributed by atoms with Crippen molar-refractivity contribution >= 4 is 69.1 Å². The summed E-state index contributed by atoms with van der Waals surface area (Å²) in [7, 11) is 1.27. The Kier molecular flexibility index (Phi) is 8.54. The van der Waals surface area contributed by atoms with E-state index in [4.69, 9.17) is 10.6 Å². The third kappa shape index (κ3) is 5.06. The van der Waals surface area contributed by atoms with Gasteiger partial charge in [-0.3, -0.25) is 14.5 Å². The molecule has 2 aliphatic rings. The predicted molar refractivity (Wildman–Crippen MR) is 123 cm³/mol. The second kappa shape index (κ2) is 11.0. The number of nitrogen functional groups attached to an aromatic ring is 1. The Bertz CT molecular complexity index is 1220. The molecule has 0 bridgehead atoms. The van der Waals surface area contributed by atoms with Crippen molar-refractivity contribution in [3.8, 4) is 0 Å². The zero-order valence-corrected chi connectivity index (χ0v) is 22.8. The van der Waals surface area contributed by atoms with Gasteiger partial charge in [0.1, 0.15) is 24.2 Å². The number of hydrogen-bond donors (Lipinski definition) is 2. The molecule has 2 amide bonds. The molecule has 4 rings (SSSR count). The number of aryl methyl sites for hydroxylation is 1. The SMILES string of the molecule is CO/N=C(/C(=O)N[C@@H]1C(=O)N2C(C(=O)[O-])=C(/C=C\c3scnc3C)CS[C@H]12)c1csc(N)n1.[Na+]. The summed E-state index contributed by atoms with van der Waals surface area (Å²) in [5, 5.41) is 19.4. The van der Waals surface area contributed by atoms with Crippen LogP contribution in [0.5, 0.6) is 0 Å². The van der Waals surface area contributed by atoms with E-state index in [0.717, 1.165) is 26.8 Å². The molecule has 0 spiro atoms. The zero-order valence-electron chi connectivity index (χ0n) is 18.3. The fraction of sp³-hybridized carbons (Fsp3) is 0.263. The van der Waals surface area contributed by atoms with Crippen LogP contribution in [0.3, 0.4) is 0 Å². The number of aliphatic carboxylic acids is 1. The van der Waals surface area contributed by atoms with Gasteiger partial charge in [0, 0.05) is 16.0 Å². The van der Waals surface area contributed by atoms with Crippen LogP contribution in [-0.2, 0) is 19.2 Å². The van der Waals surface area contributed by atoms with E-state index in [1.54, 1.807) is 17.7 Å². The van der Waals surface area contributed by atoms with Crippen LogP contribution in [0.1, 0.15) is 16.3 Å². The van der Waals surface area contributed by atoms with Gasteiger partial charge in [0.15, 0.2) is 10.8 Å². The van der Waals surface area contributed by atoms with Gasteiger partial charge in [-0.1, -0.05) is 11.2 Å². The zero-order chi connectivity index (χ0) is 23.7. The van der Waals surface area contributed by atoms with Crippen LogP contribution < -0.4 is 45.7 Å². The molecule has 4 heterocycles. The summed E-state index contributed by atoms with van der Waals surface area (Å²) >= 11 is 3.89. The number of β-lactam (4-membered cyclic amide) rings is 1. The molecule has 34 heavy (non-hydrogen) atoms. The van der Waals surface area contributed by atoms with Gasteiger partial charge in [-0.25, -0.2) is 9.97 Å². The Hall–Kier alpha value is -2.23. The number of aromatic nitrogens is 2. The summed E-state index contributed by atoms with van der Waals surface area (Å²) in [6.07, 6.45) is 3.42.